The van der Waals surface area contributed by atoms with Gasteiger partial charge in [-0.3, -0.25) is 0 Å². The zero-order valence-electron chi connectivity index (χ0n) is 9.89. The maximum absolute atomic E-state index is 9.35. The van der Waals surface area contributed by atoms with E-state index in [-0.39, 0.29) is 12.6 Å². The van der Waals surface area contributed by atoms with Crippen molar-refractivity contribution in [3.8, 4) is 0 Å². The predicted molar refractivity (Wildman–Crippen MR) is 65.7 cm³/mol. The second-order valence-electron chi connectivity index (χ2n) is 4.40. The fourth-order valence-corrected chi connectivity index (χ4v) is 2.29. The van der Waals surface area contributed by atoms with Gasteiger partial charge in [-0.1, -0.05) is 13.0 Å². The second kappa shape index (κ2) is 5.30. The van der Waals surface area contributed by atoms with Crippen LogP contribution in [0.4, 0.5) is 5.82 Å². The number of aliphatic hydroxyl groups excluding tert-OH is 1. The van der Waals surface area contributed by atoms with E-state index in [1.165, 1.54) is 18.4 Å². The number of aliphatic hydroxyl groups is 1. The molecule has 0 aromatic carbocycles. The number of hydrogen-bond acceptors (Lipinski definition) is 3. The summed E-state index contributed by atoms with van der Waals surface area (Å²) >= 11 is 0. The van der Waals surface area contributed by atoms with E-state index in [0.29, 0.717) is 0 Å². The molecule has 1 aliphatic heterocycles. The zero-order chi connectivity index (χ0) is 11.4. The summed E-state index contributed by atoms with van der Waals surface area (Å²) in [5.41, 5.74) is 1.27. The molecule has 2 rings (SSSR count). The van der Waals surface area contributed by atoms with E-state index in [0.717, 1.165) is 25.2 Å². The van der Waals surface area contributed by atoms with Crippen LogP contribution in [0, 0.1) is 0 Å². The highest BCUT2D eigenvalue weighted by Crippen LogP contribution is 2.22. The third-order valence-corrected chi connectivity index (χ3v) is 3.35. The van der Waals surface area contributed by atoms with Crippen molar-refractivity contribution in [2.45, 2.75) is 38.6 Å². The van der Waals surface area contributed by atoms with Gasteiger partial charge in [0, 0.05) is 12.7 Å². The van der Waals surface area contributed by atoms with Gasteiger partial charge in [0.1, 0.15) is 5.82 Å². The number of hydrogen-bond donors (Lipinski definition) is 1. The summed E-state index contributed by atoms with van der Waals surface area (Å²) in [7, 11) is 0. The minimum atomic E-state index is 0.233. The van der Waals surface area contributed by atoms with Crippen LogP contribution in [0.5, 0.6) is 0 Å². The van der Waals surface area contributed by atoms with Crippen LogP contribution in [-0.4, -0.2) is 29.3 Å². The first-order chi connectivity index (χ1) is 7.85. The lowest BCUT2D eigenvalue weighted by atomic mass is 10.0. The molecule has 1 fully saturated rings. The second-order valence-corrected chi connectivity index (χ2v) is 4.40. The molecule has 0 aliphatic carbocycles. The molecule has 0 radical (unpaired) electrons. The summed E-state index contributed by atoms with van der Waals surface area (Å²) in [6.07, 6.45) is 6.46. The zero-order valence-corrected chi connectivity index (χ0v) is 9.89. The molecule has 0 saturated carbocycles. The van der Waals surface area contributed by atoms with E-state index in [1.807, 2.05) is 6.20 Å². The van der Waals surface area contributed by atoms with Gasteiger partial charge in [0.25, 0.3) is 0 Å². The van der Waals surface area contributed by atoms with Crippen molar-refractivity contribution in [1.82, 2.24) is 4.98 Å². The highest BCUT2D eigenvalue weighted by molar-refractivity contribution is 5.41. The molecule has 1 atom stereocenters. The number of piperidine rings is 1. The molecule has 1 aliphatic rings. The van der Waals surface area contributed by atoms with Crippen LogP contribution in [0.15, 0.2) is 18.3 Å². The Morgan fingerprint density at radius 3 is 2.94 bits per heavy atom. The van der Waals surface area contributed by atoms with E-state index in [1.54, 1.807) is 0 Å². The Morgan fingerprint density at radius 2 is 2.31 bits per heavy atom. The Bertz CT molecular complexity index is 323. The number of rotatable bonds is 3. The molecule has 1 aromatic rings. The molecule has 3 nitrogen and oxygen atoms in total. The molecule has 0 spiro atoms. The largest absolute Gasteiger partial charge is 0.394 e. The van der Waals surface area contributed by atoms with Gasteiger partial charge in [-0.2, -0.15) is 0 Å². The van der Waals surface area contributed by atoms with Crippen molar-refractivity contribution in [3.63, 3.8) is 0 Å². The minimum Gasteiger partial charge on any atom is -0.394 e. The molecule has 0 amide bonds. The van der Waals surface area contributed by atoms with E-state index < -0.39 is 0 Å². The van der Waals surface area contributed by atoms with Crippen LogP contribution >= 0.6 is 0 Å². The SMILES string of the molecule is CCc1ccc(N2CCCCC2CO)nc1. The number of aryl methyl sites for hydroxylation is 1. The highest BCUT2D eigenvalue weighted by Gasteiger charge is 2.22. The van der Waals surface area contributed by atoms with Crippen LogP contribution in [0.1, 0.15) is 31.7 Å². The molecule has 1 unspecified atom stereocenters. The maximum atomic E-state index is 9.35. The fraction of sp³-hybridized carbons (Fsp3) is 0.615. The smallest absolute Gasteiger partial charge is 0.128 e. The van der Waals surface area contributed by atoms with E-state index in [4.69, 9.17) is 0 Å². The first-order valence-corrected chi connectivity index (χ1v) is 6.17. The number of pyridine rings is 1. The molecule has 0 bridgehead atoms. The van der Waals surface area contributed by atoms with Gasteiger partial charge in [0.2, 0.25) is 0 Å². The lowest BCUT2D eigenvalue weighted by molar-refractivity contribution is 0.239. The summed E-state index contributed by atoms with van der Waals surface area (Å²) in [5.74, 6) is 1.01. The molecular formula is C13H20N2O. The molecule has 3 heteroatoms. The van der Waals surface area contributed by atoms with E-state index in [2.05, 4.69) is 28.9 Å². The number of nitrogens with zero attached hydrogens (tertiary/aromatic N) is 2. The third kappa shape index (κ3) is 2.35. The van der Waals surface area contributed by atoms with Gasteiger partial charge in [-0.25, -0.2) is 4.98 Å². The normalized spacial score (nSPS) is 21.1. The molecule has 2 heterocycles. The van der Waals surface area contributed by atoms with Crippen molar-refractivity contribution < 1.29 is 5.11 Å². The fourth-order valence-electron chi connectivity index (χ4n) is 2.29. The molecule has 1 N–H and O–H groups in total. The maximum Gasteiger partial charge on any atom is 0.128 e. The summed E-state index contributed by atoms with van der Waals surface area (Å²) in [6, 6.07) is 4.46. The molecule has 1 aromatic heterocycles. The van der Waals surface area contributed by atoms with Gasteiger partial charge in [-0.05, 0) is 37.3 Å². The van der Waals surface area contributed by atoms with Crippen LogP contribution < -0.4 is 4.90 Å². The van der Waals surface area contributed by atoms with Crippen LogP contribution in [0.2, 0.25) is 0 Å². The van der Waals surface area contributed by atoms with E-state index >= 15 is 0 Å². The molecule has 88 valence electrons. The van der Waals surface area contributed by atoms with Crippen molar-refractivity contribution in [2.75, 3.05) is 18.1 Å². The third-order valence-electron chi connectivity index (χ3n) is 3.35. The van der Waals surface area contributed by atoms with Crippen molar-refractivity contribution in [1.29, 1.82) is 0 Å². The van der Waals surface area contributed by atoms with Gasteiger partial charge < -0.3 is 10.0 Å². The van der Waals surface area contributed by atoms with Crippen molar-refractivity contribution >= 4 is 5.82 Å². The monoisotopic (exact) mass is 220 g/mol. The first-order valence-electron chi connectivity index (χ1n) is 6.17. The molecular weight excluding hydrogens is 200 g/mol. The Balaban J connectivity index is 2.14. The Morgan fingerprint density at radius 1 is 1.44 bits per heavy atom. The lowest BCUT2D eigenvalue weighted by Gasteiger charge is -2.35. The summed E-state index contributed by atoms with van der Waals surface area (Å²) in [4.78, 5) is 6.73. The minimum absolute atomic E-state index is 0.233. The van der Waals surface area contributed by atoms with Crippen LogP contribution in [0.3, 0.4) is 0 Å². The first kappa shape index (κ1) is 11.4. The van der Waals surface area contributed by atoms with Gasteiger partial charge >= 0.3 is 0 Å². The average Bonchev–Trinajstić information content (AvgIpc) is 2.39. The van der Waals surface area contributed by atoms with Crippen LogP contribution in [0.25, 0.3) is 0 Å². The predicted octanol–water partition coefficient (Wildman–Crippen LogP) is 2.00. The van der Waals surface area contributed by atoms with Gasteiger partial charge in [-0.15, -0.1) is 0 Å². The standard InChI is InChI=1S/C13H20N2O/c1-2-11-6-7-13(14-9-11)15-8-4-3-5-12(15)10-16/h6-7,9,12,16H,2-5,8,10H2,1H3. The van der Waals surface area contributed by atoms with Gasteiger partial charge in [0.05, 0.1) is 12.6 Å². The Labute approximate surface area is 97.1 Å². The Kier molecular flexibility index (Phi) is 3.78. The highest BCUT2D eigenvalue weighted by atomic mass is 16.3. The van der Waals surface area contributed by atoms with Crippen molar-refractivity contribution in [2.24, 2.45) is 0 Å². The average molecular weight is 220 g/mol. The summed E-state index contributed by atoms with van der Waals surface area (Å²) < 4.78 is 0. The van der Waals surface area contributed by atoms with Gasteiger partial charge in [0.15, 0.2) is 0 Å². The topological polar surface area (TPSA) is 36.4 Å². The number of anilines is 1. The quantitative estimate of drug-likeness (QED) is 0.846. The molecule has 1 saturated heterocycles. The molecule has 16 heavy (non-hydrogen) atoms. The number of aromatic nitrogens is 1. The lowest BCUT2D eigenvalue weighted by Crippen LogP contribution is -2.42. The Hall–Kier alpha value is -1.09. The van der Waals surface area contributed by atoms with Crippen molar-refractivity contribution in [3.05, 3.63) is 23.9 Å². The van der Waals surface area contributed by atoms with Crippen LogP contribution in [-0.2, 0) is 6.42 Å². The summed E-state index contributed by atoms with van der Waals surface area (Å²) in [6.45, 7) is 3.38. The summed E-state index contributed by atoms with van der Waals surface area (Å²) in [5, 5.41) is 9.35. The van der Waals surface area contributed by atoms with E-state index in [9.17, 15) is 5.11 Å².